The van der Waals surface area contributed by atoms with Crippen molar-refractivity contribution in [2.75, 3.05) is 24.5 Å². The standard InChI is InChI=1S/C17H24N2O4/c1-12-11-18(16(22)23-17(2,3)4)8-9-19(12)14-7-5-6-13(10-14)15(20)21/h5-7,10,12H,8-9,11H2,1-4H3,(H,20,21). The maximum absolute atomic E-state index is 12.2. The van der Waals surface area contributed by atoms with Crippen LogP contribution in [0.25, 0.3) is 0 Å². The molecular weight excluding hydrogens is 296 g/mol. The minimum atomic E-state index is -0.938. The third kappa shape index (κ3) is 4.37. The van der Waals surface area contributed by atoms with Crippen LogP contribution in [0.4, 0.5) is 10.5 Å². The van der Waals surface area contributed by atoms with Gasteiger partial charge < -0.3 is 19.6 Å². The van der Waals surface area contributed by atoms with E-state index < -0.39 is 11.6 Å². The number of carbonyl (C=O) groups excluding carboxylic acids is 1. The van der Waals surface area contributed by atoms with Crippen molar-refractivity contribution in [1.29, 1.82) is 0 Å². The predicted molar refractivity (Wildman–Crippen MR) is 88.0 cm³/mol. The first-order chi connectivity index (χ1) is 10.7. The zero-order chi connectivity index (χ0) is 17.2. The van der Waals surface area contributed by atoms with Crippen LogP contribution in [0, 0.1) is 0 Å². The summed E-state index contributed by atoms with van der Waals surface area (Å²) in [6.07, 6.45) is -0.303. The number of nitrogens with zero attached hydrogens (tertiary/aromatic N) is 2. The Hall–Kier alpha value is -2.24. The molecule has 0 aromatic heterocycles. The van der Waals surface area contributed by atoms with Gasteiger partial charge in [0.15, 0.2) is 0 Å². The Morgan fingerprint density at radius 2 is 1.96 bits per heavy atom. The van der Waals surface area contributed by atoms with E-state index in [9.17, 15) is 9.59 Å². The first-order valence-corrected chi connectivity index (χ1v) is 7.75. The third-order valence-corrected chi connectivity index (χ3v) is 3.70. The zero-order valence-electron chi connectivity index (χ0n) is 14.1. The SMILES string of the molecule is CC1CN(C(=O)OC(C)(C)C)CCN1c1cccc(C(=O)O)c1. The van der Waals surface area contributed by atoms with E-state index in [1.165, 1.54) is 0 Å². The van der Waals surface area contributed by atoms with Gasteiger partial charge in [-0.2, -0.15) is 0 Å². The van der Waals surface area contributed by atoms with Gasteiger partial charge in [0, 0.05) is 31.4 Å². The fourth-order valence-corrected chi connectivity index (χ4v) is 2.65. The van der Waals surface area contributed by atoms with Crippen LogP contribution < -0.4 is 4.90 Å². The van der Waals surface area contributed by atoms with Crippen LogP contribution in [-0.4, -0.2) is 53.3 Å². The summed E-state index contributed by atoms with van der Waals surface area (Å²) in [6, 6.07) is 6.97. The summed E-state index contributed by atoms with van der Waals surface area (Å²) in [7, 11) is 0. The van der Waals surface area contributed by atoms with Crippen molar-refractivity contribution in [3.63, 3.8) is 0 Å². The Kier molecular flexibility index (Phi) is 4.82. The minimum absolute atomic E-state index is 0.0836. The molecule has 0 spiro atoms. The van der Waals surface area contributed by atoms with Crippen LogP contribution in [0.5, 0.6) is 0 Å². The van der Waals surface area contributed by atoms with Crippen LogP contribution >= 0.6 is 0 Å². The van der Waals surface area contributed by atoms with E-state index in [0.29, 0.717) is 19.6 Å². The first-order valence-electron chi connectivity index (χ1n) is 7.75. The van der Waals surface area contributed by atoms with E-state index in [0.717, 1.165) is 5.69 Å². The van der Waals surface area contributed by atoms with Crippen molar-refractivity contribution in [2.45, 2.75) is 39.3 Å². The molecule has 1 aromatic rings. The smallest absolute Gasteiger partial charge is 0.410 e. The van der Waals surface area contributed by atoms with Gasteiger partial charge in [0.2, 0.25) is 0 Å². The lowest BCUT2D eigenvalue weighted by molar-refractivity contribution is 0.0218. The summed E-state index contributed by atoms with van der Waals surface area (Å²) in [5, 5.41) is 9.11. The molecule has 23 heavy (non-hydrogen) atoms. The zero-order valence-corrected chi connectivity index (χ0v) is 14.1. The fraction of sp³-hybridized carbons (Fsp3) is 0.529. The van der Waals surface area contributed by atoms with Gasteiger partial charge in [-0.15, -0.1) is 0 Å². The van der Waals surface area contributed by atoms with Crippen LogP contribution in [0.1, 0.15) is 38.1 Å². The highest BCUT2D eigenvalue weighted by molar-refractivity contribution is 5.88. The molecule has 1 unspecified atom stereocenters. The Labute approximate surface area is 136 Å². The molecule has 1 saturated heterocycles. The monoisotopic (exact) mass is 320 g/mol. The molecule has 1 amide bonds. The highest BCUT2D eigenvalue weighted by atomic mass is 16.6. The highest BCUT2D eigenvalue weighted by Crippen LogP contribution is 2.23. The molecule has 1 aliphatic heterocycles. The number of piperazine rings is 1. The van der Waals surface area contributed by atoms with Gasteiger partial charge in [0.1, 0.15) is 5.60 Å². The van der Waals surface area contributed by atoms with Crippen molar-refractivity contribution in [1.82, 2.24) is 4.90 Å². The van der Waals surface area contributed by atoms with E-state index in [1.54, 1.807) is 23.1 Å². The minimum Gasteiger partial charge on any atom is -0.478 e. The molecule has 0 saturated carbocycles. The van der Waals surface area contributed by atoms with Crippen molar-refractivity contribution >= 4 is 17.7 Å². The van der Waals surface area contributed by atoms with E-state index in [1.807, 2.05) is 33.8 Å². The molecule has 126 valence electrons. The normalized spacial score (nSPS) is 18.7. The van der Waals surface area contributed by atoms with Gasteiger partial charge in [0.05, 0.1) is 5.56 Å². The maximum Gasteiger partial charge on any atom is 0.410 e. The summed E-state index contributed by atoms with van der Waals surface area (Å²) in [6.45, 7) is 9.31. The van der Waals surface area contributed by atoms with Crippen LogP contribution in [0.15, 0.2) is 24.3 Å². The number of amides is 1. The topological polar surface area (TPSA) is 70.1 Å². The lowest BCUT2D eigenvalue weighted by Crippen LogP contribution is -2.54. The third-order valence-electron chi connectivity index (χ3n) is 3.70. The quantitative estimate of drug-likeness (QED) is 0.907. The van der Waals surface area contributed by atoms with E-state index >= 15 is 0 Å². The van der Waals surface area contributed by atoms with E-state index in [4.69, 9.17) is 9.84 Å². The molecule has 1 aromatic carbocycles. The molecule has 6 nitrogen and oxygen atoms in total. The summed E-state index contributed by atoms with van der Waals surface area (Å²) < 4.78 is 5.41. The molecule has 1 fully saturated rings. The van der Waals surface area contributed by atoms with Crippen molar-refractivity contribution in [3.05, 3.63) is 29.8 Å². The van der Waals surface area contributed by atoms with Crippen molar-refractivity contribution < 1.29 is 19.4 Å². The number of ether oxygens (including phenoxy) is 1. The number of aromatic carboxylic acids is 1. The first kappa shape index (κ1) is 17.1. The van der Waals surface area contributed by atoms with Crippen LogP contribution in [0.3, 0.4) is 0 Å². The maximum atomic E-state index is 12.2. The molecule has 0 bridgehead atoms. The molecule has 6 heteroatoms. The molecule has 1 heterocycles. The van der Waals surface area contributed by atoms with Crippen LogP contribution in [-0.2, 0) is 4.74 Å². The van der Waals surface area contributed by atoms with Gasteiger partial charge in [-0.1, -0.05) is 6.07 Å². The highest BCUT2D eigenvalue weighted by Gasteiger charge is 2.30. The number of carbonyl (C=O) groups is 2. The molecule has 1 N–H and O–H groups in total. The number of hydrogen-bond donors (Lipinski definition) is 1. The average molecular weight is 320 g/mol. The Balaban J connectivity index is 2.06. The number of carboxylic acid groups (broad SMARTS) is 1. The van der Waals surface area contributed by atoms with E-state index in [-0.39, 0.29) is 17.7 Å². The lowest BCUT2D eigenvalue weighted by atomic mass is 10.1. The van der Waals surface area contributed by atoms with Gasteiger partial charge in [-0.05, 0) is 45.9 Å². The number of carboxylic acids is 1. The van der Waals surface area contributed by atoms with Crippen LogP contribution in [0.2, 0.25) is 0 Å². The Bertz CT molecular complexity index is 595. The second-order valence-electron chi connectivity index (χ2n) is 6.82. The average Bonchev–Trinajstić information content (AvgIpc) is 2.45. The number of hydrogen-bond acceptors (Lipinski definition) is 4. The Morgan fingerprint density at radius 3 is 2.52 bits per heavy atom. The summed E-state index contributed by atoms with van der Waals surface area (Å²) in [5.74, 6) is -0.938. The molecule has 1 aliphatic rings. The molecule has 0 aliphatic carbocycles. The molecular formula is C17H24N2O4. The number of rotatable bonds is 2. The van der Waals surface area contributed by atoms with Gasteiger partial charge >= 0.3 is 12.1 Å². The summed E-state index contributed by atoms with van der Waals surface area (Å²) in [4.78, 5) is 27.1. The van der Waals surface area contributed by atoms with Gasteiger partial charge in [-0.25, -0.2) is 9.59 Å². The van der Waals surface area contributed by atoms with Gasteiger partial charge in [0.25, 0.3) is 0 Å². The van der Waals surface area contributed by atoms with E-state index in [2.05, 4.69) is 4.90 Å². The molecule has 2 rings (SSSR count). The Morgan fingerprint density at radius 1 is 1.26 bits per heavy atom. The second-order valence-corrected chi connectivity index (χ2v) is 6.82. The van der Waals surface area contributed by atoms with Crippen molar-refractivity contribution in [2.24, 2.45) is 0 Å². The predicted octanol–water partition coefficient (Wildman–Crippen LogP) is 2.83. The van der Waals surface area contributed by atoms with Crippen molar-refractivity contribution in [3.8, 4) is 0 Å². The molecule has 1 atom stereocenters. The number of benzene rings is 1. The number of anilines is 1. The lowest BCUT2D eigenvalue weighted by Gasteiger charge is -2.41. The second kappa shape index (κ2) is 6.48. The fourth-order valence-electron chi connectivity index (χ4n) is 2.65. The van der Waals surface area contributed by atoms with Gasteiger partial charge in [-0.3, -0.25) is 0 Å². The largest absolute Gasteiger partial charge is 0.478 e. The summed E-state index contributed by atoms with van der Waals surface area (Å²) >= 11 is 0. The molecule has 0 radical (unpaired) electrons. The summed E-state index contributed by atoms with van der Waals surface area (Å²) in [5.41, 5.74) is 0.623.